The van der Waals surface area contributed by atoms with Crippen molar-refractivity contribution in [3.8, 4) is 5.75 Å². The number of halogens is 2. The number of nitrogens with one attached hydrogen (secondary N) is 1. The largest absolute Gasteiger partial charge is 0.506 e. The first-order chi connectivity index (χ1) is 12.9. The standard InChI is InChI=1S/C19H17Cl2N3O3/c1-2-27-18(26)14-15(10-6-4-3-5-7-10)23-19(22)24-16(14)12-8-11(20)9-13(21)17(12)25/h3-9,16,25H,2H2,1H3,(H3,22,23,24). The monoisotopic (exact) mass is 405 g/mol. The van der Waals surface area contributed by atoms with E-state index in [1.54, 1.807) is 6.92 Å². The van der Waals surface area contributed by atoms with Gasteiger partial charge in [-0.15, -0.1) is 0 Å². The van der Waals surface area contributed by atoms with Crippen LogP contribution >= 0.6 is 23.2 Å². The Balaban J connectivity index is 2.25. The topological polar surface area (TPSA) is 96.9 Å². The SMILES string of the molecule is CCOC(=O)C1=C(c2ccccc2)NC(N)=NC1c1cc(Cl)cc(Cl)c1O. The molecule has 1 aliphatic rings. The molecule has 1 aliphatic heterocycles. The minimum atomic E-state index is -0.934. The second-order valence-electron chi connectivity index (χ2n) is 5.74. The minimum absolute atomic E-state index is 0.0503. The molecular formula is C19H17Cl2N3O3. The predicted molar refractivity (Wildman–Crippen MR) is 106 cm³/mol. The van der Waals surface area contributed by atoms with Gasteiger partial charge in [0.2, 0.25) is 0 Å². The third-order valence-corrected chi connectivity index (χ3v) is 4.48. The summed E-state index contributed by atoms with van der Waals surface area (Å²) in [4.78, 5) is 17.1. The zero-order valence-electron chi connectivity index (χ0n) is 14.4. The van der Waals surface area contributed by atoms with Gasteiger partial charge in [-0.3, -0.25) is 0 Å². The van der Waals surface area contributed by atoms with Crippen LogP contribution < -0.4 is 11.1 Å². The Labute approximate surface area is 166 Å². The normalized spacial score (nSPS) is 16.6. The molecule has 6 nitrogen and oxygen atoms in total. The summed E-state index contributed by atoms with van der Waals surface area (Å²) in [5.74, 6) is -0.721. The van der Waals surface area contributed by atoms with Crippen LogP contribution in [0.4, 0.5) is 0 Å². The fourth-order valence-electron chi connectivity index (χ4n) is 2.84. The molecule has 4 N–H and O–H groups in total. The van der Waals surface area contributed by atoms with Gasteiger partial charge >= 0.3 is 5.97 Å². The fraction of sp³-hybridized carbons (Fsp3) is 0.158. The number of hydrogen-bond donors (Lipinski definition) is 3. The van der Waals surface area contributed by atoms with Crippen LogP contribution in [0.25, 0.3) is 5.70 Å². The number of esters is 1. The lowest BCUT2D eigenvalue weighted by Crippen LogP contribution is -2.37. The van der Waals surface area contributed by atoms with E-state index in [-0.39, 0.29) is 34.5 Å². The molecule has 2 aromatic carbocycles. The first-order valence-electron chi connectivity index (χ1n) is 8.17. The summed E-state index contributed by atoms with van der Waals surface area (Å²) in [6.45, 7) is 1.88. The second-order valence-corrected chi connectivity index (χ2v) is 6.59. The van der Waals surface area contributed by atoms with E-state index in [2.05, 4.69) is 10.3 Å². The van der Waals surface area contributed by atoms with Crippen LogP contribution in [0, 0.1) is 0 Å². The lowest BCUT2D eigenvalue weighted by molar-refractivity contribution is -0.138. The molecule has 8 heteroatoms. The number of rotatable bonds is 4. The number of nitrogens with zero attached hydrogens (tertiary/aromatic N) is 1. The summed E-state index contributed by atoms with van der Waals surface area (Å²) >= 11 is 12.2. The molecule has 1 atom stereocenters. The molecule has 0 amide bonds. The van der Waals surface area contributed by atoms with E-state index >= 15 is 0 Å². The highest BCUT2D eigenvalue weighted by Crippen LogP contribution is 2.42. The van der Waals surface area contributed by atoms with Gasteiger partial charge in [-0.2, -0.15) is 0 Å². The van der Waals surface area contributed by atoms with Gasteiger partial charge in [0.05, 0.1) is 22.9 Å². The zero-order chi connectivity index (χ0) is 19.6. The molecule has 140 valence electrons. The van der Waals surface area contributed by atoms with Crippen LogP contribution in [0.15, 0.2) is 53.0 Å². The molecule has 0 aromatic heterocycles. The summed E-state index contributed by atoms with van der Waals surface area (Å²) in [6, 6.07) is 11.1. The average molecular weight is 406 g/mol. The quantitative estimate of drug-likeness (QED) is 0.674. The van der Waals surface area contributed by atoms with Crippen LogP contribution in [-0.2, 0) is 9.53 Å². The van der Waals surface area contributed by atoms with Crippen LogP contribution in [0.1, 0.15) is 24.1 Å². The molecular weight excluding hydrogens is 389 g/mol. The van der Waals surface area contributed by atoms with Crippen molar-refractivity contribution in [3.05, 3.63) is 69.2 Å². The zero-order valence-corrected chi connectivity index (χ0v) is 15.9. The maximum absolute atomic E-state index is 12.8. The third-order valence-electron chi connectivity index (χ3n) is 3.97. The Kier molecular flexibility index (Phi) is 5.58. The van der Waals surface area contributed by atoms with Gasteiger partial charge in [-0.1, -0.05) is 53.5 Å². The average Bonchev–Trinajstić information content (AvgIpc) is 2.64. The van der Waals surface area contributed by atoms with Crippen molar-refractivity contribution in [2.75, 3.05) is 6.61 Å². The summed E-state index contributed by atoms with van der Waals surface area (Å²) in [7, 11) is 0. The van der Waals surface area contributed by atoms with E-state index in [4.69, 9.17) is 33.7 Å². The number of aliphatic imine (C=N–C) groups is 1. The molecule has 0 saturated heterocycles. The first kappa shape index (κ1) is 19.1. The number of carbonyl (C=O) groups excluding carboxylic acids is 1. The number of phenols is 1. The van der Waals surface area contributed by atoms with E-state index in [1.165, 1.54) is 12.1 Å². The first-order valence-corrected chi connectivity index (χ1v) is 8.92. The number of phenolic OH excluding ortho intramolecular Hbond substituents is 1. The maximum atomic E-state index is 12.8. The van der Waals surface area contributed by atoms with Gasteiger partial charge in [0.15, 0.2) is 5.96 Å². The number of hydrogen-bond acceptors (Lipinski definition) is 6. The number of benzene rings is 2. The van der Waals surface area contributed by atoms with E-state index in [0.29, 0.717) is 10.7 Å². The molecule has 0 bridgehead atoms. The van der Waals surface area contributed by atoms with Gasteiger partial charge in [-0.05, 0) is 24.6 Å². The Bertz CT molecular complexity index is 943. The number of nitrogens with two attached hydrogens (primary N) is 1. The smallest absolute Gasteiger partial charge is 0.338 e. The van der Waals surface area contributed by atoms with Crippen molar-refractivity contribution in [3.63, 3.8) is 0 Å². The summed E-state index contributed by atoms with van der Waals surface area (Å²) in [5.41, 5.74) is 7.58. The number of carbonyl (C=O) groups is 1. The molecule has 0 saturated carbocycles. The molecule has 0 aliphatic carbocycles. The van der Waals surface area contributed by atoms with E-state index < -0.39 is 12.0 Å². The van der Waals surface area contributed by atoms with Crippen molar-refractivity contribution in [2.24, 2.45) is 10.7 Å². The Morgan fingerprint density at radius 1 is 1.30 bits per heavy atom. The van der Waals surface area contributed by atoms with Crippen LogP contribution in [0.3, 0.4) is 0 Å². The molecule has 0 spiro atoms. The van der Waals surface area contributed by atoms with Crippen LogP contribution in [-0.4, -0.2) is 23.6 Å². The van der Waals surface area contributed by atoms with Gasteiger partial charge in [0.25, 0.3) is 0 Å². The second kappa shape index (κ2) is 7.90. The van der Waals surface area contributed by atoms with Crippen molar-refractivity contribution in [1.82, 2.24) is 5.32 Å². The Hall–Kier alpha value is -2.70. The highest BCUT2D eigenvalue weighted by Gasteiger charge is 2.34. The van der Waals surface area contributed by atoms with Crippen molar-refractivity contribution < 1.29 is 14.6 Å². The molecule has 1 heterocycles. The number of aromatic hydroxyl groups is 1. The van der Waals surface area contributed by atoms with Gasteiger partial charge < -0.3 is 20.9 Å². The summed E-state index contributed by atoms with van der Waals surface area (Å²) in [5, 5.41) is 13.7. The molecule has 3 rings (SSSR count). The van der Waals surface area contributed by atoms with E-state index in [9.17, 15) is 9.90 Å². The molecule has 27 heavy (non-hydrogen) atoms. The predicted octanol–water partition coefficient (Wildman–Crippen LogP) is 3.63. The van der Waals surface area contributed by atoms with Crippen molar-refractivity contribution >= 4 is 40.8 Å². The molecule has 0 fully saturated rings. The van der Waals surface area contributed by atoms with Gasteiger partial charge in [0.1, 0.15) is 11.8 Å². The van der Waals surface area contributed by atoms with Crippen LogP contribution in [0.2, 0.25) is 10.0 Å². The van der Waals surface area contributed by atoms with Crippen molar-refractivity contribution in [1.29, 1.82) is 0 Å². The minimum Gasteiger partial charge on any atom is -0.506 e. The van der Waals surface area contributed by atoms with Gasteiger partial charge in [0, 0.05) is 10.6 Å². The summed E-state index contributed by atoms with van der Waals surface area (Å²) < 4.78 is 5.23. The van der Waals surface area contributed by atoms with E-state index in [0.717, 1.165) is 5.56 Å². The fourth-order valence-corrected chi connectivity index (χ4v) is 3.35. The lowest BCUT2D eigenvalue weighted by Gasteiger charge is -2.27. The van der Waals surface area contributed by atoms with Crippen molar-refractivity contribution in [2.45, 2.75) is 13.0 Å². The number of guanidine groups is 1. The number of ether oxygens (including phenoxy) is 1. The third kappa shape index (κ3) is 3.86. The Morgan fingerprint density at radius 2 is 2.00 bits per heavy atom. The lowest BCUT2D eigenvalue weighted by atomic mass is 9.93. The summed E-state index contributed by atoms with van der Waals surface area (Å²) in [6.07, 6.45) is 0. The highest BCUT2D eigenvalue weighted by atomic mass is 35.5. The Morgan fingerprint density at radius 3 is 2.67 bits per heavy atom. The van der Waals surface area contributed by atoms with E-state index in [1.807, 2.05) is 30.3 Å². The molecule has 0 radical (unpaired) electrons. The van der Waals surface area contributed by atoms with Crippen LogP contribution in [0.5, 0.6) is 5.75 Å². The molecule has 1 unspecified atom stereocenters. The van der Waals surface area contributed by atoms with Gasteiger partial charge in [-0.25, -0.2) is 9.79 Å². The maximum Gasteiger partial charge on any atom is 0.338 e. The molecule has 2 aromatic rings. The highest BCUT2D eigenvalue weighted by molar-refractivity contribution is 6.35.